The Bertz CT molecular complexity index is 73.9. The maximum Gasteiger partial charge on any atom is 0.122 e. The summed E-state index contributed by atoms with van der Waals surface area (Å²) in [7, 11) is 0. The molecule has 32 valence electrons. The summed E-state index contributed by atoms with van der Waals surface area (Å²) in [6.07, 6.45) is 0. The van der Waals surface area contributed by atoms with Crippen molar-refractivity contribution in [2.75, 3.05) is 0 Å². The van der Waals surface area contributed by atoms with Crippen molar-refractivity contribution in [1.29, 1.82) is 10.5 Å². The first-order chi connectivity index (χ1) is 2.41. The monoisotopic (exact) mass is 102 g/mol. The van der Waals surface area contributed by atoms with Gasteiger partial charge in [0.1, 0.15) is 6.42 Å². The molecule has 0 fully saturated rings. The van der Waals surface area contributed by atoms with Gasteiger partial charge in [0.25, 0.3) is 0 Å². The molecule has 0 aromatic heterocycles. The standard InChI is InChI=1S/C3H2N2.ClH/c4-2-1-3-5;/h1H2;1H. The maximum absolute atomic E-state index is 7.59. The van der Waals surface area contributed by atoms with Gasteiger partial charge in [-0.2, -0.15) is 10.5 Å². The van der Waals surface area contributed by atoms with Gasteiger partial charge in [0.15, 0.2) is 0 Å². The van der Waals surface area contributed by atoms with Crippen LogP contribution in [-0.2, 0) is 0 Å². The van der Waals surface area contributed by atoms with Crippen LogP contribution in [0.25, 0.3) is 0 Å². The summed E-state index contributed by atoms with van der Waals surface area (Å²) in [5.41, 5.74) is 0. The van der Waals surface area contributed by atoms with Crippen molar-refractivity contribution in [3.63, 3.8) is 0 Å². The highest BCUT2D eigenvalue weighted by Gasteiger charge is 1.61. The van der Waals surface area contributed by atoms with Gasteiger partial charge in [-0.25, -0.2) is 0 Å². The van der Waals surface area contributed by atoms with E-state index in [1.54, 1.807) is 12.1 Å². The predicted molar refractivity (Wildman–Crippen MR) is 23.1 cm³/mol. The average molecular weight is 103 g/mol. The van der Waals surface area contributed by atoms with E-state index in [9.17, 15) is 0 Å². The lowest BCUT2D eigenvalue weighted by Crippen LogP contribution is -1.47. The Balaban J connectivity index is 0. The second kappa shape index (κ2) is 8.86. The van der Waals surface area contributed by atoms with Gasteiger partial charge in [-0.1, -0.05) is 0 Å². The lowest BCUT2D eigenvalue weighted by molar-refractivity contribution is 1.33. The number of nitriles is 2. The lowest BCUT2D eigenvalue weighted by atomic mass is 10.5. The van der Waals surface area contributed by atoms with Crippen molar-refractivity contribution in [1.82, 2.24) is 0 Å². The SMILES string of the molecule is Cl.N#CCC#N. The van der Waals surface area contributed by atoms with E-state index in [0.717, 1.165) is 0 Å². The molecule has 0 rings (SSSR count). The van der Waals surface area contributed by atoms with Gasteiger partial charge in [-0.05, 0) is 0 Å². The van der Waals surface area contributed by atoms with E-state index in [-0.39, 0.29) is 18.8 Å². The van der Waals surface area contributed by atoms with Crippen LogP contribution in [0.2, 0.25) is 0 Å². The van der Waals surface area contributed by atoms with Crippen molar-refractivity contribution in [3.8, 4) is 12.1 Å². The topological polar surface area (TPSA) is 47.6 Å². The summed E-state index contributed by atoms with van der Waals surface area (Å²) >= 11 is 0. The molecule has 0 aromatic carbocycles. The Hall–Kier alpha value is -0.730. The fraction of sp³-hybridized carbons (Fsp3) is 0.333. The van der Waals surface area contributed by atoms with Crippen molar-refractivity contribution < 1.29 is 0 Å². The zero-order chi connectivity index (χ0) is 4.12. The fourth-order valence-electron chi connectivity index (χ4n) is 0.0354. The first-order valence-electron chi connectivity index (χ1n) is 1.15. The van der Waals surface area contributed by atoms with Crippen molar-refractivity contribution in [2.24, 2.45) is 0 Å². The van der Waals surface area contributed by atoms with Crippen LogP contribution >= 0.6 is 12.4 Å². The molecule has 0 saturated heterocycles. The van der Waals surface area contributed by atoms with E-state index in [2.05, 4.69) is 0 Å². The molecule has 0 unspecified atom stereocenters. The van der Waals surface area contributed by atoms with Crippen LogP contribution < -0.4 is 0 Å². The van der Waals surface area contributed by atoms with Crippen LogP contribution in [0.4, 0.5) is 0 Å². The third kappa shape index (κ3) is 10.4. The molecule has 2 nitrogen and oxygen atoms in total. The Kier molecular flexibility index (Phi) is 13.3. The average Bonchev–Trinajstić information content (AvgIpc) is 1.41. The first kappa shape index (κ1) is 8.99. The van der Waals surface area contributed by atoms with Gasteiger partial charge in [-0.3, -0.25) is 0 Å². The highest BCUT2D eigenvalue weighted by Crippen LogP contribution is 1.59. The molecule has 0 atom stereocenters. The van der Waals surface area contributed by atoms with Crippen LogP contribution in [0.5, 0.6) is 0 Å². The Morgan fingerprint density at radius 2 is 1.50 bits per heavy atom. The highest BCUT2D eigenvalue weighted by atomic mass is 35.5. The minimum Gasteiger partial charge on any atom is -0.197 e. The molecule has 0 N–H and O–H groups in total. The molecule has 6 heavy (non-hydrogen) atoms. The van der Waals surface area contributed by atoms with Gasteiger partial charge < -0.3 is 0 Å². The zero-order valence-electron chi connectivity index (χ0n) is 3.01. The molecule has 0 aliphatic carbocycles. The van der Waals surface area contributed by atoms with E-state index in [0.29, 0.717) is 0 Å². The van der Waals surface area contributed by atoms with E-state index < -0.39 is 0 Å². The molecule has 0 aliphatic rings. The zero-order valence-corrected chi connectivity index (χ0v) is 3.83. The van der Waals surface area contributed by atoms with Crippen molar-refractivity contribution in [3.05, 3.63) is 0 Å². The third-order valence-electron chi connectivity index (χ3n) is 0.158. The Morgan fingerprint density at radius 3 is 1.50 bits per heavy atom. The van der Waals surface area contributed by atoms with Crippen molar-refractivity contribution in [2.45, 2.75) is 6.42 Å². The van der Waals surface area contributed by atoms with Gasteiger partial charge >= 0.3 is 0 Å². The second-order valence-corrected chi connectivity index (χ2v) is 0.493. The van der Waals surface area contributed by atoms with Crippen LogP contribution in [0, 0.1) is 22.7 Å². The normalized spacial score (nSPS) is 3.67. The molecule has 3 heteroatoms. The Morgan fingerprint density at radius 1 is 1.17 bits per heavy atom. The number of hydrogen-bond acceptors (Lipinski definition) is 2. The summed E-state index contributed by atoms with van der Waals surface area (Å²) in [5, 5.41) is 15.2. The summed E-state index contributed by atoms with van der Waals surface area (Å²) in [6, 6.07) is 3.31. The number of rotatable bonds is 0. The number of hydrogen-bond donors (Lipinski definition) is 0. The number of nitrogens with zero attached hydrogens (tertiary/aromatic N) is 2. The van der Waals surface area contributed by atoms with Crippen molar-refractivity contribution >= 4 is 12.4 Å². The maximum atomic E-state index is 7.59. The minimum atomic E-state index is 0. The smallest absolute Gasteiger partial charge is 0.122 e. The van der Waals surface area contributed by atoms with Crippen LogP contribution in [0.1, 0.15) is 6.42 Å². The molecule has 0 saturated carbocycles. The molecule has 0 amide bonds. The molecular weight excluding hydrogens is 99.5 g/mol. The van der Waals surface area contributed by atoms with Gasteiger partial charge in [-0.15, -0.1) is 12.4 Å². The van der Waals surface area contributed by atoms with E-state index in [1.807, 2.05) is 0 Å². The van der Waals surface area contributed by atoms with Crippen LogP contribution in [0.3, 0.4) is 0 Å². The number of halogens is 1. The van der Waals surface area contributed by atoms with Crippen LogP contribution in [0.15, 0.2) is 0 Å². The third-order valence-corrected chi connectivity index (χ3v) is 0.158. The minimum absolute atomic E-state index is 0. The largest absolute Gasteiger partial charge is 0.197 e. The molecule has 0 radical (unpaired) electrons. The second-order valence-electron chi connectivity index (χ2n) is 0.493. The molecule has 0 spiro atoms. The van der Waals surface area contributed by atoms with E-state index >= 15 is 0 Å². The molecule has 0 heterocycles. The summed E-state index contributed by atoms with van der Waals surface area (Å²) in [4.78, 5) is 0. The Labute approximate surface area is 42.4 Å². The lowest BCUT2D eigenvalue weighted by Gasteiger charge is -1.45. The highest BCUT2D eigenvalue weighted by molar-refractivity contribution is 5.85. The predicted octanol–water partition coefficient (Wildman–Crippen LogP) is 0.845. The molecule has 0 aliphatic heterocycles. The first-order valence-corrected chi connectivity index (χ1v) is 1.15. The molecule has 0 aromatic rings. The quantitative estimate of drug-likeness (QED) is 0.455. The van der Waals surface area contributed by atoms with Gasteiger partial charge in [0, 0.05) is 0 Å². The summed E-state index contributed by atoms with van der Waals surface area (Å²) < 4.78 is 0. The van der Waals surface area contributed by atoms with Gasteiger partial charge in [0.05, 0.1) is 12.1 Å². The summed E-state index contributed by atoms with van der Waals surface area (Å²) in [5.74, 6) is 0. The van der Waals surface area contributed by atoms with E-state index in [4.69, 9.17) is 10.5 Å². The summed E-state index contributed by atoms with van der Waals surface area (Å²) in [6.45, 7) is 0. The molecular formula is C3H3ClN2. The van der Waals surface area contributed by atoms with Crippen LogP contribution in [-0.4, -0.2) is 0 Å². The van der Waals surface area contributed by atoms with Gasteiger partial charge in [0.2, 0.25) is 0 Å². The molecule has 0 bridgehead atoms. The fourth-order valence-corrected chi connectivity index (χ4v) is 0.0354. The van der Waals surface area contributed by atoms with E-state index in [1.165, 1.54) is 0 Å².